The van der Waals surface area contributed by atoms with Crippen molar-refractivity contribution < 1.29 is 8.74 Å². The molecule has 0 aliphatic carbocycles. The van der Waals surface area contributed by atoms with Crippen molar-refractivity contribution in [1.82, 2.24) is 0 Å². The fraction of sp³-hybridized carbons (Fsp3) is 0.333. The quantitative estimate of drug-likeness (QED) is 0.619. The minimum atomic E-state index is -1.52. The van der Waals surface area contributed by atoms with E-state index in [0.29, 0.717) is 0 Å². The van der Waals surface area contributed by atoms with Crippen LogP contribution in [0.2, 0.25) is 19.6 Å². The molecule has 3 nitrogen and oxygen atoms in total. The smallest absolute Gasteiger partial charge is 0.339 e. The van der Waals surface area contributed by atoms with Crippen molar-refractivity contribution in [2.75, 3.05) is 5.09 Å². The number of benzene rings is 1. The third-order valence-corrected chi connectivity index (χ3v) is 5.28. The van der Waals surface area contributed by atoms with E-state index in [1.807, 2.05) is 24.3 Å². The largest absolute Gasteiger partial charge is 0.430 e. The van der Waals surface area contributed by atoms with E-state index in [9.17, 15) is 0 Å². The van der Waals surface area contributed by atoms with Crippen molar-refractivity contribution >= 4 is 22.5 Å². The molecule has 0 bridgehead atoms. The Balaban J connectivity index is 2.05. The van der Waals surface area contributed by atoms with E-state index in [2.05, 4.69) is 24.7 Å². The summed E-state index contributed by atoms with van der Waals surface area (Å²) in [6.07, 6.45) is 0. The van der Waals surface area contributed by atoms with Gasteiger partial charge in [0, 0.05) is 0 Å². The van der Waals surface area contributed by atoms with Gasteiger partial charge in [0.25, 0.3) is 0 Å². The summed E-state index contributed by atoms with van der Waals surface area (Å²) >= 11 is 0. The molecule has 1 N–H and O–H groups in total. The van der Waals surface area contributed by atoms with Gasteiger partial charge in [-0.15, -0.1) is 0 Å². The highest BCUT2D eigenvalue weighted by Gasteiger charge is 2.29. The van der Waals surface area contributed by atoms with Crippen molar-refractivity contribution in [3.8, 4) is 5.75 Å². The molecule has 1 aromatic carbocycles. The van der Waals surface area contributed by atoms with Gasteiger partial charge < -0.3 is 13.8 Å². The van der Waals surface area contributed by atoms with Crippen LogP contribution in [-0.4, -0.2) is 8.32 Å². The maximum atomic E-state index is 5.85. The van der Waals surface area contributed by atoms with Crippen molar-refractivity contribution in [2.24, 2.45) is 0 Å². The molecule has 1 aromatic rings. The molecule has 0 saturated carbocycles. The van der Waals surface area contributed by atoms with E-state index < -0.39 is 16.8 Å². The SMILES string of the molecule is C[Si](C)(C)OP1Nc2ccccc2O1. The molecule has 0 fully saturated rings. The minimum Gasteiger partial charge on any atom is -0.430 e. The lowest BCUT2D eigenvalue weighted by atomic mass is 10.3. The monoisotopic (exact) mass is 227 g/mol. The number of rotatable bonds is 2. The zero-order valence-corrected chi connectivity index (χ0v) is 10.5. The third-order valence-electron chi connectivity index (χ3n) is 1.64. The number of nitrogens with one attached hydrogen (secondary N) is 1. The first-order chi connectivity index (χ1) is 6.54. The summed E-state index contributed by atoms with van der Waals surface area (Å²) in [7, 11) is -2.47. The lowest BCUT2D eigenvalue weighted by Gasteiger charge is -2.20. The standard InChI is InChI=1S/C9H14NO2PSi/c1-14(2,3)12-13-10-8-6-4-5-7-9(8)11-13/h4-7,10H,1-3H3. The van der Waals surface area contributed by atoms with Crippen LogP contribution in [0.1, 0.15) is 0 Å². The second-order valence-electron chi connectivity index (χ2n) is 4.16. The normalized spacial score (nSPS) is 19.8. The van der Waals surface area contributed by atoms with Gasteiger partial charge in [-0.1, -0.05) is 12.1 Å². The molecule has 0 amide bonds. The highest BCUT2D eigenvalue weighted by molar-refractivity contribution is 7.51. The lowest BCUT2D eigenvalue weighted by molar-refractivity contribution is 0.508. The molecule has 1 heterocycles. The van der Waals surface area contributed by atoms with Gasteiger partial charge in [-0.25, -0.2) is 0 Å². The number of fused-ring (bicyclic) bond motifs is 1. The lowest BCUT2D eigenvalue weighted by Crippen LogP contribution is -2.23. The number of hydrogen-bond acceptors (Lipinski definition) is 3. The highest BCUT2D eigenvalue weighted by Crippen LogP contribution is 2.51. The van der Waals surface area contributed by atoms with Crippen molar-refractivity contribution in [2.45, 2.75) is 19.6 Å². The van der Waals surface area contributed by atoms with Crippen LogP contribution in [0.15, 0.2) is 24.3 Å². The Morgan fingerprint density at radius 3 is 2.64 bits per heavy atom. The number of hydrogen-bond donors (Lipinski definition) is 1. The van der Waals surface area contributed by atoms with Crippen LogP contribution >= 0.6 is 8.53 Å². The summed E-state index contributed by atoms with van der Waals surface area (Å²) in [4.78, 5) is 0. The van der Waals surface area contributed by atoms with Gasteiger partial charge in [0.05, 0.1) is 5.69 Å². The van der Waals surface area contributed by atoms with Gasteiger partial charge in [0.2, 0.25) is 0 Å². The molecule has 1 aliphatic heterocycles. The maximum absolute atomic E-state index is 5.85. The van der Waals surface area contributed by atoms with Crippen LogP contribution in [0.25, 0.3) is 0 Å². The Morgan fingerprint density at radius 2 is 2.00 bits per heavy atom. The average Bonchev–Trinajstić information content (AvgIpc) is 2.42. The van der Waals surface area contributed by atoms with Crippen LogP contribution < -0.4 is 9.61 Å². The molecule has 0 spiro atoms. The van der Waals surface area contributed by atoms with Crippen molar-refractivity contribution in [3.05, 3.63) is 24.3 Å². The van der Waals surface area contributed by atoms with Crippen LogP contribution in [0.5, 0.6) is 5.75 Å². The van der Waals surface area contributed by atoms with Gasteiger partial charge in [-0.05, 0) is 31.8 Å². The van der Waals surface area contributed by atoms with Gasteiger partial charge in [-0.3, -0.25) is 0 Å². The minimum absolute atomic E-state index is 0.900. The molecule has 1 atom stereocenters. The number of anilines is 1. The predicted octanol–water partition coefficient (Wildman–Crippen LogP) is 3.57. The zero-order chi connectivity index (χ0) is 10.2. The summed E-state index contributed by atoms with van der Waals surface area (Å²) in [5.41, 5.74) is 1.04. The first kappa shape index (κ1) is 9.96. The van der Waals surface area contributed by atoms with Gasteiger partial charge in [0.1, 0.15) is 0 Å². The molecule has 0 saturated heterocycles. The molecular weight excluding hydrogens is 213 g/mol. The molecule has 2 rings (SSSR count). The predicted molar refractivity (Wildman–Crippen MR) is 62.0 cm³/mol. The molecule has 14 heavy (non-hydrogen) atoms. The topological polar surface area (TPSA) is 30.5 Å². The summed E-state index contributed by atoms with van der Waals surface area (Å²) in [6, 6.07) is 7.92. The summed E-state index contributed by atoms with van der Waals surface area (Å²) in [5, 5.41) is 3.25. The van der Waals surface area contributed by atoms with E-state index in [4.69, 9.17) is 8.74 Å². The summed E-state index contributed by atoms with van der Waals surface area (Å²) in [6.45, 7) is 6.47. The molecule has 1 aliphatic rings. The Hall–Kier alpha value is -0.573. The molecule has 1 unspecified atom stereocenters. The fourth-order valence-corrected chi connectivity index (χ4v) is 4.23. The van der Waals surface area contributed by atoms with Crippen LogP contribution in [0.3, 0.4) is 0 Å². The van der Waals surface area contributed by atoms with Crippen LogP contribution in [-0.2, 0) is 4.21 Å². The third kappa shape index (κ3) is 2.26. The van der Waals surface area contributed by atoms with E-state index >= 15 is 0 Å². The van der Waals surface area contributed by atoms with E-state index in [1.54, 1.807) is 0 Å². The Bertz CT molecular complexity index is 315. The second-order valence-corrected chi connectivity index (χ2v) is 10.0. The molecule has 5 heteroatoms. The van der Waals surface area contributed by atoms with Gasteiger partial charge in [0.15, 0.2) is 14.1 Å². The van der Waals surface area contributed by atoms with E-state index in [0.717, 1.165) is 11.4 Å². The fourth-order valence-electron chi connectivity index (χ4n) is 1.14. The van der Waals surface area contributed by atoms with E-state index in [-0.39, 0.29) is 0 Å². The van der Waals surface area contributed by atoms with Crippen molar-refractivity contribution in [3.63, 3.8) is 0 Å². The Labute approximate surface area is 86.5 Å². The molecular formula is C9H14NO2PSi. The molecule has 0 radical (unpaired) electrons. The summed E-state index contributed by atoms with van der Waals surface area (Å²) in [5.74, 6) is 0.900. The second kappa shape index (κ2) is 3.53. The highest BCUT2D eigenvalue weighted by atomic mass is 31.2. The first-order valence-corrected chi connectivity index (χ1v) is 9.16. The maximum Gasteiger partial charge on any atom is 0.339 e. The summed E-state index contributed by atoms with van der Waals surface area (Å²) < 4.78 is 11.5. The van der Waals surface area contributed by atoms with Crippen molar-refractivity contribution in [1.29, 1.82) is 0 Å². The Morgan fingerprint density at radius 1 is 1.29 bits per heavy atom. The zero-order valence-electron chi connectivity index (χ0n) is 8.57. The van der Waals surface area contributed by atoms with Crippen LogP contribution in [0, 0.1) is 0 Å². The first-order valence-electron chi connectivity index (χ1n) is 4.57. The number of para-hydroxylation sites is 2. The van der Waals surface area contributed by atoms with E-state index in [1.165, 1.54) is 0 Å². The molecule has 76 valence electrons. The Kier molecular flexibility index (Phi) is 2.51. The molecule has 0 aromatic heterocycles. The van der Waals surface area contributed by atoms with Gasteiger partial charge in [-0.2, -0.15) is 0 Å². The average molecular weight is 227 g/mol. The van der Waals surface area contributed by atoms with Crippen LogP contribution in [0.4, 0.5) is 5.69 Å². The van der Waals surface area contributed by atoms with Gasteiger partial charge >= 0.3 is 8.53 Å².